The van der Waals surface area contributed by atoms with E-state index in [9.17, 15) is 18.0 Å². The van der Waals surface area contributed by atoms with Crippen LogP contribution in [0.2, 0.25) is 5.02 Å². The topological polar surface area (TPSA) is 35.5 Å². The highest BCUT2D eigenvalue weighted by Gasteiger charge is 2.32. The Balaban J connectivity index is 2.70. The van der Waals surface area contributed by atoms with Gasteiger partial charge in [-0.25, -0.2) is 0 Å². The first-order valence-corrected chi connectivity index (χ1v) is 7.60. The van der Waals surface area contributed by atoms with Crippen LogP contribution in [-0.4, -0.2) is 18.9 Å². The lowest BCUT2D eigenvalue weighted by atomic mass is 9.83. The Morgan fingerprint density at radius 3 is 2.48 bits per heavy atom. The zero-order valence-corrected chi connectivity index (χ0v) is 14.1. The van der Waals surface area contributed by atoms with Crippen molar-refractivity contribution in [1.82, 2.24) is 0 Å². The van der Waals surface area contributed by atoms with E-state index in [1.165, 1.54) is 12.1 Å². The van der Waals surface area contributed by atoms with Crippen LogP contribution in [0.3, 0.4) is 0 Å². The summed E-state index contributed by atoms with van der Waals surface area (Å²) in [6.45, 7) is 5.88. The van der Waals surface area contributed by atoms with E-state index < -0.39 is 12.1 Å². The van der Waals surface area contributed by atoms with Crippen LogP contribution in [-0.2, 0) is 16.0 Å². The van der Waals surface area contributed by atoms with Gasteiger partial charge in [0.05, 0.1) is 18.1 Å². The van der Waals surface area contributed by atoms with E-state index in [4.69, 9.17) is 16.3 Å². The number of alkyl halides is 3. The lowest BCUT2D eigenvalue weighted by Crippen LogP contribution is -2.20. The normalized spacial score (nSPS) is 12.1. The summed E-state index contributed by atoms with van der Waals surface area (Å²) in [6, 6.07) is 4.29. The Labute approximate surface area is 138 Å². The molecule has 0 aliphatic carbocycles. The van der Waals surface area contributed by atoms with Gasteiger partial charge in [-0.15, -0.1) is 13.2 Å². The van der Waals surface area contributed by atoms with Crippen LogP contribution in [0, 0.1) is 5.41 Å². The van der Waals surface area contributed by atoms with Crippen LogP contribution in [0.1, 0.15) is 39.2 Å². The molecule has 23 heavy (non-hydrogen) atoms. The van der Waals surface area contributed by atoms with E-state index in [1.807, 2.05) is 13.8 Å². The standard InChI is InChI=1S/C16H20ClF3O3/c1-4-22-14(21)10-15(2,3)8-7-11-5-6-12(17)13(9-11)23-16(18,19)20/h5-6,9H,4,7-8,10H2,1-3H3. The second kappa shape index (κ2) is 7.90. The molecule has 0 bridgehead atoms. The fourth-order valence-electron chi connectivity index (χ4n) is 2.08. The number of halogens is 4. The first-order valence-electron chi connectivity index (χ1n) is 7.22. The largest absolute Gasteiger partial charge is 0.573 e. The maximum Gasteiger partial charge on any atom is 0.573 e. The van der Waals surface area contributed by atoms with Crippen molar-refractivity contribution in [2.24, 2.45) is 5.41 Å². The molecule has 0 atom stereocenters. The van der Waals surface area contributed by atoms with E-state index >= 15 is 0 Å². The third-order valence-electron chi connectivity index (χ3n) is 3.24. The molecule has 0 amide bonds. The summed E-state index contributed by atoms with van der Waals surface area (Å²) in [5.41, 5.74) is 0.335. The molecule has 0 radical (unpaired) electrons. The number of esters is 1. The summed E-state index contributed by atoms with van der Waals surface area (Å²) in [5.74, 6) is -0.699. The summed E-state index contributed by atoms with van der Waals surface area (Å²) in [4.78, 5) is 11.5. The quantitative estimate of drug-likeness (QED) is 0.636. The maximum atomic E-state index is 12.3. The molecule has 130 valence electrons. The SMILES string of the molecule is CCOC(=O)CC(C)(C)CCc1ccc(Cl)c(OC(F)(F)F)c1. The lowest BCUT2D eigenvalue weighted by Gasteiger charge is -2.23. The number of carbonyl (C=O) groups is 1. The van der Waals surface area contributed by atoms with Gasteiger partial charge in [-0.05, 0) is 42.9 Å². The van der Waals surface area contributed by atoms with Crippen LogP contribution in [0.5, 0.6) is 5.75 Å². The van der Waals surface area contributed by atoms with Gasteiger partial charge in [0.15, 0.2) is 0 Å². The minimum atomic E-state index is -4.79. The van der Waals surface area contributed by atoms with Crippen LogP contribution in [0.15, 0.2) is 18.2 Å². The smallest absolute Gasteiger partial charge is 0.466 e. The van der Waals surface area contributed by atoms with Gasteiger partial charge in [0.2, 0.25) is 0 Å². The highest BCUT2D eigenvalue weighted by atomic mass is 35.5. The molecular weight excluding hydrogens is 333 g/mol. The molecule has 7 heteroatoms. The molecule has 1 aromatic rings. The Bertz CT molecular complexity index is 542. The molecule has 3 nitrogen and oxygen atoms in total. The molecule has 0 saturated heterocycles. The highest BCUT2D eigenvalue weighted by molar-refractivity contribution is 6.32. The van der Waals surface area contributed by atoms with Crippen LogP contribution < -0.4 is 4.74 Å². The van der Waals surface area contributed by atoms with Crippen molar-refractivity contribution in [2.45, 2.75) is 46.4 Å². The summed E-state index contributed by atoms with van der Waals surface area (Å²) in [7, 11) is 0. The molecule has 0 saturated carbocycles. The second-order valence-corrected chi connectivity index (χ2v) is 6.37. The van der Waals surface area contributed by atoms with Crippen LogP contribution >= 0.6 is 11.6 Å². The van der Waals surface area contributed by atoms with Crippen molar-refractivity contribution >= 4 is 17.6 Å². The van der Waals surface area contributed by atoms with E-state index in [0.717, 1.165) is 0 Å². The molecule has 0 aromatic heterocycles. The Morgan fingerprint density at radius 2 is 1.91 bits per heavy atom. The number of benzene rings is 1. The van der Waals surface area contributed by atoms with Gasteiger partial charge in [-0.3, -0.25) is 4.79 Å². The number of hydrogen-bond donors (Lipinski definition) is 0. The number of ether oxygens (including phenoxy) is 2. The van der Waals surface area contributed by atoms with Gasteiger partial charge in [0.1, 0.15) is 5.75 Å². The minimum absolute atomic E-state index is 0.100. The molecule has 0 unspecified atom stereocenters. The fraction of sp³-hybridized carbons (Fsp3) is 0.562. The Kier molecular flexibility index (Phi) is 6.74. The van der Waals surface area contributed by atoms with Gasteiger partial charge in [-0.2, -0.15) is 0 Å². The van der Waals surface area contributed by atoms with Crippen molar-refractivity contribution in [3.63, 3.8) is 0 Å². The molecule has 0 aliphatic rings. The Morgan fingerprint density at radius 1 is 1.26 bits per heavy atom. The van der Waals surface area contributed by atoms with Crippen LogP contribution in [0.25, 0.3) is 0 Å². The van der Waals surface area contributed by atoms with Crippen LogP contribution in [0.4, 0.5) is 13.2 Å². The van der Waals surface area contributed by atoms with Gasteiger partial charge in [-0.1, -0.05) is 31.5 Å². The first-order chi connectivity index (χ1) is 10.5. The molecule has 0 spiro atoms. The van der Waals surface area contributed by atoms with Crippen molar-refractivity contribution < 1.29 is 27.4 Å². The predicted octanol–water partition coefficient (Wildman–Crippen LogP) is 5.15. The number of hydrogen-bond acceptors (Lipinski definition) is 3. The first kappa shape index (κ1) is 19.6. The van der Waals surface area contributed by atoms with Gasteiger partial charge in [0.25, 0.3) is 0 Å². The summed E-state index contributed by atoms with van der Waals surface area (Å²) < 4.78 is 45.7. The molecule has 1 aromatic carbocycles. The van der Waals surface area contributed by atoms with E-state index in [0.29, 0.717) is 25.0 Å². The highest BCUT2D eigenvalue weighted by Crippen LogP contribution is 2.33. The molecule has 1 rings (SSSR count). The van der Waals surface area contributed by atoms with Crippen molar-refractivity contribution in [3.8, 4) is 5.75 Å². The zero-order valence-electron chi connectivity index (χ0n) is 13.3. The fourth-order valence-corrected chi connectivity index (χ4v) is 2.24. The predicted molar refractivity (Wildman–Crippen MR) is 81.5 cm³/mol. The maximum absolute atomic E-state index is 12.3. The van der Waals surface area contributed by atoms with Gasteiger partial charge < -0.3 is 9.47 Å². The number of carbonyl (C=O) groups excluding carboxylic acids is 1. The monoisotopic (exact) mass is 352 g/mol. The number of rotatable bonds is 7. The van der Waals surface area contributed by atoms with E-state index in [1.54, 1.807) is 13.0 Å². The molecule has 0 aliphatic heterocycles. The van der Waals surface area contributed by atoms with Gasteiger partial charge in [0, 0.05) is 0 Å². The minimum Gasteiger partial charge on any atom is -0.466 e. The third-order valence-corrected chi connectivity index (χ3v) is 3.55. The third kappa shape index (κ3) is 7.59. The molecule has 0 heterocycles. The summed E-state index contributed by atoms with van der Waals surface area (Å²) >= 11 is 5.71. The average molecular weight is 353 g/mol. The zero-order chi connectivity index (χ0) is 17.7. The second-order valence-electron chi connectivity index (χ2n) is 5.96. The van der Waals surface area contributed by atoms with Crippen molar-refractivity contribution in [2.75, 3.05) is 6.61 Å². The number of aryl methyl sites for hydroxylation is 1. The van der Waals surface area contributed by atoms with E-state index in [2.05, 4.69) is 4.74 Å². The van der Waals surface area contributed by atoms with Gasteiger partial charge >= 0.3 is 12.3 Å². The van der Waals surface area contributed by atoms with Crippen molar-refractivity contribution in [3.05, 3.63) is 28.8 Å². The lowest BCUT2D eigenvalue weighted by molar-refractivity contribution is -0.274. The average Bonchev–Trinajstić information content (AvgIpc) is 2.38. The summed E-state index contributed by atoms with van der Waals surface area (Å²) in [6.07, 6.45) is -3.43. The Hall–Kier alpha value is -1.43. The van der Waals surface area contributed by atoms with E-state index in [-0.39, 0.29) is 22.8 Å². The molecule has 0 fully saturated rings. The molecular formula is C16H20ClF3O3. The molecule has 0 N–H and O–H groups in total. The summed E-state index contributed by atoms with van der Waals surface area (Å²) in [5, 5.41) is -0.100. The van der Waals surface area contributed by atoms with Crippen molar-refractivity contribution in [1.29, 1.82) is 0 Å².